The zero-order chi connectivity index (χ0) is 12.4. The smallest absolute Gasteiger partial charge is 0.0970 e. The Bertz CT molecular complexity index is 479. The number of likely N-dealkylation sites (tertiary alicyclic amines) is 1. The Morgan fingerprint density at radius 3 is 2.78 bits per heavy atom. The summed E-state index contributed by atoms with van der Waals surface area (Å²) in [6.07, 6.45) is 3.82. The van der Waals surface area contributed by atoms with Crippen molar-refractivity contribution >= 4 is 21.6 Å². The van der Waals surface area contributed by atoms with E-state index >= 15 is 0 Å². The van der Waals surface area contributed by atoms with Gasteiger partial charge in [-0.3, -0.25) is 0 Å². The van der Waals surface area contributed by atoms with E-state index in [9.17, 15) is 0 Å². The van der Waals surface area contributed by atoms with Crippen molar-refractivity contribution in [1.82, 2.24) is 9.88 Å². The van der Waals surface area contributed by atoms with Crippen LogP contribution in [0.25, 0.3) is 10.2 Å². The Morgan fingerprint density at radius 1 is 1.28 bits per heavy atom. The maximum atomic E-state index is 4.81. The van der Waals surface area contributed by atoms with Crippen LogP contribution < -0.4 is 0 Å². The van der Waals surface area contributed by atoms with E-state index in [-0.39, 0.29) is 0 Å². The van der Waals surface area contributed by atoms with Crippen LogP contribution in [0.15, 0.2) is 24.3 Å². The van der Waals surface area contributed by atoms with Crippen LogP contribution in [-0.2, 0) is 0 Å². The minimum atomic E-state index is 0.690. The Hall–Kier alpha value is -0.930. The van der Waals surface area contributed by atoms with Gasteiger partial charge in [-0.15, -0.1) is 11.3 Å². The minimum absolute atomic E-state index is 0.690. The fourth-order valence-corrected chi connectivity index (χ4v) is 3.92. The van der Waals surface area contributed by atoms with E-state index in [1.54, 1.807) is 0 Å². The summed E-state index contributed by atoms with van der Waals surface area (Å²) in [7, 11) is 0. The van der Waals surface area contributed by atoms with Crippen molar-refractivity contribution in [3.05, 3.63) is 29.3 Å². The number of aromatic nitrogens is 1. The number of rotatable bonds is 3. The van der Waals surface area contributed by atoms with Crippen molar-refractivity contribution in [1.29, 1.82) is 0 Å². The molecule has 3 heteroatoms. The molecule has 0 radical (unpaired) electrons. The molecule has 96 valence electrons. The summed E-state index contributed by atoms with van der Waals surface area (Å²) in [5.41, 5.74) is 1.17. The number of thiazole rings is 1. The van der Waals surface area contributed by atoms with Crippen LogP contribution >= 0.6 is 11.3 Å². The molecule has 1 aliphatic heterocycles. The highest BCUT2D eigenvalue weighted by molar-refractivity contribution is 7.18. The van der Waals surface area contributed by atoms with E-state index in [1.165, 1.54) is 54.1 Å². The summed E-state index contributed by atoms with van der Waals surface area (Å²) in [5, 5.41) is 1.35. The Labute approximate surface area is 113 Å². The van der Waals surface area contributed by atoms with Crippen molar-refractivity contribution < 1.29 is 0 Å². The lowest BCUT2D eigenvalue weighted by Crippen LogP contribution is -2.33. The molecule has 18 heavy (non-hydrogen) atoms. The van der Waals surface area contributed by atoms with Crippen LogP contribution in [0.3, 0.4) is 0 Å². The van der Waals surface area contributed by atoms with E-state index < -0.39 is 0 Å². The number of benzene rings is 1. The van der Waals surface area contributed by atoms with E-state index in [1.807, 2.05) is 11.3 Å². The van der Waals surface area contributed by atoms with Gasteiger partial charge in [0.15, 0.2) is 0 Å². The molecule has 1 aromatic carbocycles. The summed E-state index contributed by atoms with van der Waals surface area (Å²) in [5.74, 6) is 0.690. The molecule has 3 rings (SSSR count). The van der Waals surface area contributed by atoms with Gasteiger partial charge < -0.3 is 4.90 Å². The highest BCUT2D eigenvalue weighted by Gasteiger charge is 2.22. The van der Waals surface area contributed by atoms with Crippen molar-refractivity contribution in [3.63, 3.8) is 0 Å². The summed E-state index contributed by atoms with van der Waals surface area (Å²) in [6, 6.07) is 8.49. The highest BCUT2D eigenvalue weighted by atomic mass is 32.1. The Kier molecular flexibility index (Phi) is 3.62. The van der Waals surface area contributed by atoms with Crippen LogP contribution in [0.2, 0.25) is 0 Å². The molecule has 0 saturated carbocycles. The van der Waals surface area contributed by atoms with Gasteiger partial charge in [0.05, 0.1) is 15.2 Å². The van der Waals surface area contributed by atoms with Crippen LogP contribution in [0.4, 0.5) is 0 Å². The third-order valence-electron chi connectivity index (χ3n) is 3.79. The second-order valence-electron chi connectivity index (χ2n) is 5.14. The normalized spacial score (nSPS) is 18.5. The van der Waals surface area contributed by atoms with Crippen molar-refractivity contribution in [2.75, 3.05) is 19.6 Å². The summed E-state index contributed by atoms with van der Waals surface area (Å²) in [6.45, 7) is 6.01. The molecular weight excluding hydrogens is 240 g/mol. The van der Waals surface area contributed by atoms with Crippen LogP contribution in [0.1, 0.15) is 37.1 Å². The molecule has 0 spiro atoms. The van der Waals surface area contributed by atoms with Gasteiger partial charge in [0.1, 0.15) is 0 Å². The van der Waals surface area contributed by atoms with E-state index in [4.69, 9.17) is 4.98 Å². The summed E-state index contributed by atoms with van der Waals surface area (Å²) >= 11 is 1.89. The summed E-state index contributed by atoms with van der Waals surface area (Å²) < 4.78 is 1.34. The van der Waals surface area contributed by atoms with Crippen molar-refractivity contribution in [2.24, 2.45) is 0 Å². The first-order chi connectivity index (χ1) is 8.86. The lowest BCUT2D eigenvalue weighted by Gasteiger charge is -2.30. The number of hydrogen-bond donors (Lipinski definition) is 0. The van der Waals surface area contributed by atoms with Crippen LogP contribution in [0, 0.1) is 0 Å². The monoisotopic (exact) mass is 260 g/mol. The number of hydrogen-bond acceptors (Lipinski definition) is 3. The fraction of sp³-hybridized carbons (Fsp3) is 0.533. The number of nitrogens with zero attached hydrogens (tertiary/aromatic N) is 2. The predicted molar refractivity (Wildman–Crippen MR) is 78.3 cm³/mol. The van der Waals surface area contributed by atoms with Crippen LogP contribution in [-0.4, -0.2) is 29.5 Å². The average molecular weight is 260 g/mol. The van der Waals surface area contributed by atoms with Crippen LogP contribution in [0.5, 0.6) is 0 Å². The molecule has 0 amide bonds. The fourth-order valence-electron chi connectivity index (χ4n) is 2.78. The largest absolute Gasteiger partial charge is 0.303 e. The second-order valence-corrected chi connectivity index (χ2v) is 6.20. The van der Waals surface area contributed by atoms with E-state index in [2.05, 4.69) is 36.1 Å². The molecule has 0 N–H and O–H groups in total. The predicted octanol–water partition coefficient (Wildman–Crippen LogP) is 3.89. The first-order valence-electron chi connectivity index (χ1n) is 6.94. The average Bonchev–Trinajstić information content (AvgIpc) is 2.84. The lowest BCUT2D eigenvalue weighted by molar-refractivity contribution is 0.212. The highest BCUT2D eigenvalue weighted by Crippen LogP contribution is 2.33. The standard InChI is InChI=1S/C15H20N2S/c1-2-9-17-10-7-12(8-11-17)15-16-13-5-3-4-6-14(13)18-15/h3-6,12H,2,7-11H2,1H3. The molecule has 2 nitrogen and oxygen atoms in total. The Morgan fingerprint density at radius 2 is 2.06 bits per heavy atom. The molecule has 1 fully saturated rings. The molecule has 0 bridgehead atoms. The second kappa shape index (κ2) is 5.37. The Balaban J connectivity index is 1.72. The number of fused-ring (bicyclic) bond motifs is 1. The van der Waals surface area contributed by atoms with E-state index in [0.717, 1.165) is 0 Å². The van der Waals surface area contributed by atoms with Gasteiger partial charge in [-0.2, -0.15) is 0 Å². The van der Waals surface area contributed by atoms with Gasteiger partial charge in [0.25, 0.3) is 0 Å². The first kappa shape index (κ1) is 12.1. The molecule has 1 saturated heterocycles. The zero-order valence-corrected chi connectivity index (χ0v) is 11.7. The number of piperidine rings is 1. The van der Waals surface area contributed by atoms with Crippen molar-refractivity contribution in [3.8, 4) is 0 Å². The van der Waals surface area contributed by atoms with Crippen molar-refractivity contribution in [2.45, 2.75) is 32.1 Å². The third kappa shape index (κ3) is 2.43. The molecule has 2 aromatic rings. The summed E-state index contributed by atoms with van der Waals surface area (Å²) in [4.78, 5) is 7.39. The van der Waals surface area contributed by atoms with E-state index in [0.29, 0.717) is 5.92 Å². The quantitative estimate of drug-likeness (QED) is 0.832. The maximum absolute atomic E-state index is 4.81. The minimum Gasteiger partial charge on any atom is -0.303 e. The van der Waals surface area contributed by atoms with Gasteiger partial charge in [-0.25, -0.2) is 4.98 Å². The molecule has 1 aliphatic rings. The van der Waals surface area contributed by atoms with Gasteiger partial charge >= 0.3 is 0 Å². The molecule has 0 aliphatic carbocycles. The molecule has 0 atom stereocenters. The first-order valence-corrected chi connectivity index (χ1v) is 7.76. The molecule has 0 unspecified atom stereocenters. The topological polar surface area (TPSA) is 16.1 Å². The van der Waals surface area contributed by atoms with Gasteiger partial charge in [-0.1, -0.05) is 19.1 Å². The molecular formula is C15H20N2S. The SMILES string of the molecule is CCCN1CCC(c2nc3ccccc3s2)CC1. The van der Waals surface area contributed by atoms with Gasteiger partial charge in [0, 0.05) is 5.92 Å². The maximum Gasteiger partial charge on any atom is 0.0970 e. The number of para-hydroxylation sites is 1. The third-order valence-corrected chi connectivity index (χ3v) is 4.99. The zero-order valence-electron chi connectivity index (χ0n) is 10.9. The molecule has 1 aromatic heterocycles. The van der Waals surface area contributed by atoms with Gasteiger partial charge in [-0.05, 0) is 51.0 Å². The molecule has 2 heterocycles. The van der Waals surface area contributed by atoms with Gasteiger partial charge in [0.2, 0.25) is 0 Å². The lowest BCUT2D eigenvalue weighted by atomic mass is 9.97.